The molecule has 0 aliphatic rings. The molecular weight excluding hydrogens is 292 g/mol. The van der Waals surface area contributed by atoms with Gasteiger partial charge in [-0.2, -0.15) is 11.3 Å². The van der Waals surface area contributed by atoms with Crippen LogP contribution in [0.5, 0.6) is 0 Å². The first kappa shape index (κ1) is 16.7. The smallest absolute Gasteiger partial charge is 0.317 e. The van der Waals surface area contributed by atoms with Crippen LogP contribution in [-0.2, 0) is 19.1 Å². The molecule has 110 valence electrons. The van der Waals surface area contributed by atoms with Crippen LogP contribution in [0.4, 0.5) is 0 Å². The third-order valence-electron chi connectivity index (χ3n) is 3.27. The number of ether oxygens (including phenoxy) is 2. The quantitative estimate of drug-likeness (QED) is 0.459. The predicted molar refractivity (Wildman–Crippen MR) is 82.8 cm³/mol. The van der Waals surface area contributed by atoms with Crippen LogP contribution in [0.3, 0.4) is 0 Å². The third-order valence-corrected chi connectivity index (χ3v) is 9.42. The van der Waals surface area contributed by atoms with Crippen LogP contribution >= 0.6 is 11.3 Å². The van der Waals surface area contributed by atoms with Gasteiger partial charge in [-0.25, -0.2) is 0 Å². The predicted octanol–water partition coefficient (Wildman–Crippen LogP) is 2.26. The Bertz CT molecular complexity index is 491. The van der Waals surface area contributed by atoms with Crippen molar-refractivity contribution in [2.24, 2.45) is 0 Å². The van der Waals surface area contributed by atoms with Crippen molar-refractivity contribution in [3.05, 3.63) is 28.8 Å². The lowest BCUT2D eigenvalue weighted by Gasteiger charge is -2.22. The van der Waals surface area contributed by atoms with Crippen molar-refractivity contribution < 1.29 is 19.1 Å². The first-order valence-corrected chi connectivity index (χ1v) is 10.2. The molecule has 0 atom stereocenters. The van der Waals surface area contributed by atoms with E-state index in [2.05, 4.69) is 42.3 Å². The van der Waals surface area contributed by atoms with E-state index >= 15 is 0 Å². The minimum absolute atomic E-state index is 0.198. The van der Waals surface area contributed by atoms with Gasteiger partial charge in [0.15, 0.2) is 0 Å². The van der Waals surface area contributed by atoms with E-state index in [9.17, 15) is 9.59 Å². The fraction of sp³-hybridized carbons (Fsp3) is 0.429. The van der Waals surface area contributed by atoms with Crippen LogP contribution in [0.15, 0.2) is 28.8 Å². The van der Waals surface area contributed by atoms with Gasteiger partial charge in [-0.1, -0.05) is 36.5 Å². The molecule has 1 rings (SSSR count). The van der Waals surface area contributed by atoms with E-state index in [4.69, 9.17) is 4.74 Å². The van der Waals surface area contributed by atoms with Crippen molar-refractivity contribution in [2.45, 2.75) is 26.4 Å². The number of carbonyl (C=O) groups excluding carboxylic acids is 2. The largest absolute Gasteiger partial charge is 0.469 e. The number of carbonyl (C=O) groups is 2. The molecule has 6 heteroatoms. The van der Waals surface area contributed by atoms with Gasteiger partial charge in [-0.3, -0.25) is 9.59 Å². The van der Waals surface area contributed by atoms with Crippen molar-refractivity contribution in [3.8, 4) is 0 Å². The highest BCUT2D eigenvalue weighted by atomic mass is 32.1. The summed E-state index contributed by atoms with van der Waals surface area (Å²) >= 11 is 1.76. The number of hydrogen-bond donors (Lipinski definition) is 0. The SMILES string of the molecule is COC(=O)CC(=O)OC/C=C(\C)[Si](C)(C)c1cccs1. The number of esters is 2. The highest BCUT2D eigenvalue weighted by Gasteiger charge is 2.26. The summed E-state index contributed by atoms with van der Waals surface area (Å²) in [4.78, 5) is 22.2. The maximum atomic E-state index is 11.3. The molecule has 0 aromatic carbocycles. The molecule has 0 unspecified atom stereocenters. The second-order valence-corrected chi connectivity index (χ2v) is 10.8. The summed E-state index contributed by atoms with van der Waals surface area (Å²) in [5, 5.41) is 3.33. The van der Waals surface area contributed by atoms with Crippen molar-refractivity contribution in [1.82, 2.24) is 0 Å². The molecule has 1 aromatic heterocycles. The Labute approximate surface area is 124 Å². The molecule has 4 nitrogen and oxygen atoms in total. The summed E-state index contributed by atoms with van der Waals surface area (Å²) in [7, 11) is -0.400. The van der Waals surface area contributed by atoms with Crippen molar-refractivity contribution >= 4 is 35.8 Å². The van der Waals surface area contributed by atoms with Gasteiger partial charge in [-0.15, -0.1) is 0 Å². The van der Waals surface area contributed by atoms with E-state index in [-0.39, 0.29) is 13.0 Å². The third kappa shape index (κ3) is 4.61. The van der Waals surface area contributed by atoms with Gasteiger partial charge < -0.3 is 9.47 Å². The molecule has 0 aliphatic heterocycles. The highest BCUT2D eigenvalue weighted by molar-refractivity contribution is 7.26. The van der Waals surface area contributed by atoms with Gasteiger partial charge in [0.2, 0.25) is 0 Å². The Hall–Kier alpha value is -1.40. The van der Waals surface area contributed by atoms with E-state index in [1.807, 2.05) is 6.08 Å². The van der Waals surface area contributed by atoms with Gasteiger partial charge in [0.1, 0.15) is 21.1 Å². The zero-order valence-corrected chi connectivity index (χ0v) is 14.1. The van der Waals surface area contributed by atoms with Crippen LogP contribution in [0, 0.1) is 0 Å². The minimum Gasteiger partial charge on any atom is -0.469 e. The molecule has 0 radical (unpaired) electrons. The molecule has 0 N–H and O–H groups in total. The average molecular weight is 312 g/mol. The second-order valence-electron chi connectivity index (χ2n) is 4.93. The van der Waals surface area contributed by atoms with Gasteiger partial charge in [-0.05, 0) is 16.8 Å². The van der Waals surface area contributed by atoms with E-state index < -0.39 is 20.0 Å². The summed E-state index contributed by atoms with van der Waals surface area (Å²) in [6.07, 6.45) is 1.59. The Kier molecular flexibility index (Phi) is 6.16. The summed E-state index contributed by atoms with van der Waals surface area (Å²) in [5.74, 6) is -1.14. The Morgan fingerprint density at radius 3 is 2.60 bits per heavy atom. The molecule has 0 saturated carbocycles. The maximum absolute atomic E-state index is 11.3. The zero-order valence-electron chi connectivity index (χ0n) is 12.3. The standard InChI is InChI=1S/C14H20O4SSi/c1-11(20(3,4)14-6-5-9-19-14)7-8-18-13(16)10-12(15)17-2/h5-7,9H,8,10H2,1-4H3/b11-7+. The monoisotopic (exact) mass is 312 g/mol. The molecule has 1 aromatic rings. The summed E-state index contributed by atoms with van der Waals surface area (Å²) in [6, 6.07) is 4.20. The van der Waals surface area contributed by atoms with Crippen LogP contribution in [0.1, 0.15) is 13.3 Å². The highest BCUT2D eigenvalue weighted by Crippen LogP contribution is 2.17. The van der Waals surface area contributed by atoms with Gasteiger partial charge >= 0.3 is 11.9 Å². The number of rotatable bonds is 6. The number of methoxy groups -OCH3 is 1. The molecule has 0 bridgehead atoms. The van der Waals surface area contributed by atoms with Crippen LogP contribution in [0.25, 0.3) is 0 Å². The lowest BCUT2D eigenvalue weighted by Crippen LogP contribution is -2.41. The lowest BCUT2D eigenvalue weighted by molar-refractivity contribution is -0.152. The van der Waals surface area contributed by atoms with E-state index in [1.165, 1.54) is 16.8 Å². The van der Waals surface area contributed by atoms with Crippen LogP contribution in [0.2, 0.25) is 13.1 Å². The fourth-order valence-corrected chi connectivity index (χ4v) is 5.41. The van der Waals surface area contributed by atoms with Crippen molar-refractivity contribution in [2.75, 3.05) is 13.7 Å². The van der Waals surface area contributed by atoms with Crippen molar-refractivity contribution in [1.29, 1.82) is 0 Å². The maximum Gasteiger partial charge on any atom is 0.317 e. The van der Waals surface area contributed by atoms with Gasteiger partial charge in [0.05, 0.1) is 7.11 Å². The normalized spacial score (nSPS) is 12.1. The Morgan fingerprint density at radius 2 is 2.05 bits per heavy atom. The molecule has 1 heterocycles. The lowest BCUT2D eigenvalue weighted by atomic mass is 10.4. The van der Waals surface area contributed by atoms with E-state index in [0.717, 1.165) is 0 Å². The second kappa shape index (κ2) is 7.40. The summed E-state index contributed by atoms with van der Waals surface area (Å²) in [6.45, 7) is 6.80. The topological polar surface area (TPSA) is 52.6 Å². The summed E-state index contributed by atoms with van der Waals surface area (Å²) in [5.41, 5.74) is 0. The molecule has 0 fully saturated rings. The zero-order chi connectivity index (χ0) is 15.2. The first-order chi connectivity index (χ1) is 9.37. The Morgan fingerprint density at radius 1 is 1.35 bits per heavy atom. The molecule has 0 aliphatic carbocycles. The van der Waals surface area contributed by atoms with E-state index in [1.54, 1.807) is 11.3 Å². The number of hydrogen-bond acceptors (Lipinski definition) is 5. The van der Waals surface area contributed by atoms with Crippen LogP contribution in [-0.4, -0.2) is 33.7 Å². The molecule has 20 heavy (non-hydrogen) atoms. The first-order valence-electron chi connectivity index (χ1n) is 6.31. The summed E-state index contributed by atoms with van der Waals surface area (Å²) < 4.78 is 10.8. The molecule has 0 saturated heterocycles. The number of thiophene rings is 1. The Balaban J connectivity index is 2.54. The van der Waals surface area contributed by atoms with Crippen molar-refractivity contribution in [3.63, 3.8) is 0 Å². The fourth-order valence-electron chi connectivity index (χ4n) is 1.58. The number of allylic oxidation sites excluding steroid dienone is 1. The molecule has 0 amide bonds. The van der Waals surface area contributed by atoms with Crippen LogP contribution < -0.4 is 4.50 Å². The average Bonchev–Trinajstić information content (AvgIpc) is 2.92. The van der Waals surface area contributed by atoms with E-state index in [0.29, 0.717) is 0 Å². The molecule has 0 spiro atoms. The molecular formula is C14H20O4SSi. The minimum atomic E-state index is -1.64. The van der Waals surface area contributed by atoms with Gasteiger partial charge in [0.25, 0.3) is 0 Å². The van der Waals surface area contributed by atoms with Gasteiger partial charge in [0, 0.05) is 0 Å².